The Morgan fingerprint density at radius 3 is 2.94 bits per heavy atom. The predicted molar refractivity (Wildman–Crippen MR) is 69.1 cm³/mol. The first-order valence-electron chi connectivity index (χ1n) is 5.50. The summed E-state index contributed by atoms with van der Waals surface area (Å²) >= 11 is 1.60. The molecule has 0 unspecified atom stereocenters. The largest absolute Gasteiger partial charge is 0.486 e. The molecule has 1 heterocycles. The number of hydrogen-bond donors (Lipinski definition) is 0. The van der Waals surface area contributed by atoms with Gasteiger partial charge < -0.3 is 9.47 Å². The third kappa shape index (κ3) is 2.75. The van der Waals surface area contributed by atoms with E-state index in [0.717, 1.165) is 5.75 Å². The molecule has 1 aliphatic heterocycles. The lowest BCUT2D eigenvalue weighted by Gasteiger charge is -2.31. The number of carbonyl (C=O) groups excluding carboxylic acids is 1. The lowest BCUT2D eigenvalue weighted by atomic mass is 9.93. The van der Waals surface area contributed by atoms with Crippen molar-refractivity contribution in [1.82, 2.24) is 0 Å². The number of Topliss-reactive ketones (excluding diaryl/α,β-unsaturated/α-hetero) is 1. The van der Waals surface area contributed by atoms with E-state index in [2.05, 4.69) is 0 Å². The second-order valence-electron chi connectivity index (χ2n) is 4.67. The average molecular weight is 252 g/mol. The summed E-state index contributed by atoms with van der Waals surface area (Å²) in [6.07, 6.45) is 2.40. The molecule has 0 amide bonds. The van der Waals surface area contributed by atoms with Crippen molar-refractivity contribution in [3.63, 3.8) is 0 Å². The summed E-state index contributed by atoms with van der Waals surface area (Å²) in [7, 11) is 0. The molecule has 17 heavy (non-hydrogen) atoms. The highest BCUT2D eigenvalue weighted by molar-refractivity contribution is 7.98. The van der Waals surface area contributed by atoms with Crippen LogP contribution in [0.2, 0.25) is 0 Å². The molecule has 1 aromatic carbocycles. The van der Waals surface area contributed by atoms with Crippen LogP contribution >= 0.6 is 11.8 Å². The van der Waals surface area contributed by atoms with Crippen LogP contribution in [0.1, 0.15) is 30.6 Å². The first-order valence-corrected chi connectivity index (χ1v) is 6.89. The van der Waals surface area contributed by atoms with E-state index in [1.165, 1.54) is 0 Å². The molecule has 4 heteroatoms. The van der Waals surface area contributed by atoms with Gasteiger partial charge in [0.1, 0.15) is 23.0 Å². The number of fused-ring (bicyclic) bond motifs is 1. The van der Waals surface area contributed by atoms with Crippen molar-refractivity contribution in [3.05, 3.63) is 23.8 Å². The van der Waals surface area contributed by atoms with Crippen LogP contribution in [0, 0.1) is 0 Å². The second-order valence-corrected chi connectivity index (χ2v) is 5.48. The van der Waals surface area contributed by atoms with Gasteiger partial charge in [-0.05, 0) is 32.2 Å². The Morgan fingerprint density at radius 2 is 2.24 bits per heavy atom. The van der Waals surface area contributed by atoms with Crippen molar-refractivity contribution >= 4 is 17.5 Å². The lowest BCUT2D eigenvalue weighted by Crippen LogP contribution is -2.35. The Morgan fingerprint density at radius 1 is 1.47 bits per heavy atom. The topological polar surface area (TPSA) is 35.5 Å². The maximum atomic E-state index is 11.9. The van der Waals surface area contributed by atoms with Crippen molar-refractivity contribution < 1.29 is 14.3 Å². The quantitative estimate of drug-likeness (QED) is 0.774. The summed E-state index contributed by atoms with van der Waals surface area (Å²) < 4.78 is 11.3. The Balaban J connectivity index is 2.28. The fourth-order valence-corrected chi connectivity index (χ4v) is 2.10. The molecule has 0 saturated heterocycles. The highest BCUT2D eigenvalue weighted by atomic mass is 32.2. The minimum absolute atomic E-state index is 0.132. The Labute approximate surface area is 105 Å². The molecule has 0 atom stereocenters. The van der Waals surface area contributed by atoms with Gasteiger partial charge in [0.2, 0.25) is 0 Å². The molecule has 0 aromatic heterocycles. The van der Waals surface area contributed by atoms with E-state index in [1.54, 1.807) is 23.9 Å². The number of benzene rings is 1. The number of rotatable bonds is 3. The number of ketones is 1. The van der Waals surface area contributed by atoms with Gasteiger partial charge in [0.05, 0.1) is 12.0 Å². The Bertz CT molecular complexity index is 440. The first kappa shape index (κ1) is 12.3. The van der Waals surface area contributed by atoms with Crippen LogP contribution in [-0.4, -0.2) is 23.6 Å². The van der Waals surface area contributed by atoms with Crippen LogP contribution in [0.5, 0.6) is 11.5 Å². The second kappa shape index (κ2) is 4.61. The molecule has 92 valence electrons. The molecular weight excluding hydrogens is 236 g/mol. The Kier molecular flexibility index (Phi) is 3.33. The van der Waals surface area contributed by atoms with E-state index in [0.29, 0.717) is 23.7 Å². The van der Waals surface area contributed by atoms with E-state index in [9.17, 15) is 4.79 Å². The third-order valence-corrected chi connectivity index (χ3v) is 2.92. The van der Waals surface area contributed by atoms with Gasteiger partial charge in [-0.15, -0.1) is 11.8 Å². The number of ether oxygens (including phenoxy) is 2. The van der Waals surface area contributed by atoms with E-state index in [1.807, 2.05) is 26.2 Å². The molecule has 0 saturated carbocycles. The first-order chi connectivity index (χ1) is 8.02. The fourth-order valence-electron chi connectivity index (χ4n) is 1.85. The molecular formula is C13H16O3S. The molecule has 0 N–H and O–H groups in total. The van der Waals surface area contributed by atoms with Crippen LogP contribution in [-0.2, 0) is 0 Å². The standard InChI is InChI=1S/C13H16O3S/c1-13(2)7-11(14)10-5-4-9(15-8-17-3)6-12(10)16-13/h4-6H,7-8H2,1-3H3. The summed E-state index contributed by atoms with van der Waals surface area (Å²) in [4.78, 5) is 11.9. The maximum Gasteiger partial charge on any atom is 0.170 e. The molecule has 0 bridgehead atoms. The van der Waals surface area contributed by atoms with E-state index >= 15 is 0 Å². The number of hydrogen-bond acceptors (Lipinski definition) is 4. The molecule has 0 radical (unpaired) electrons. The van der Waals surface area contributed by atoms with Crippen molar-refractivity contribution in [2.24, 2.45) is 0 Å². The third-order valence-electron chi connectivity index (χ3n) is 2.57. The molecule has 0 fully saturated rings. The van der Waals surface area contributed by atoms with Gasteiger partial charge in [-0.1, -0.05) is 0 Å². The van der Waals surface area contributed by atoms with Crippen LogP contribution in [0.15, 0.2) is 18.2 Å². The maximum absolute atomic E-state index is 11.9. The van der Waals surface area contributed by atoms with Gasteiger partial charge in [0.15, 0.2) is 5.78 Å². The summed E-state index contributed by atoms with van der Waals surface area (Å²) in [5.74, 6) is 2.09. The van der Waals surface area contributed by atoms with Crippen LogP contribution in [0.3, 0.4) is 0 Å². The van der Waals surface area contributed by atoms with E-state index < -0.39 is 5.60 Å². The Hall–Kier alpha value is -1.16. The fraction of sp³-hybridized carbons (Fsp3) is 0.462. The molecule has 1 aromatic rings. The zero-order valence-electron chi connectivity index (χ0n) is 10.3. The highest BCUT2D eigenvalue weighted by Crippen LogP contribution is 2.35. The van der Waals surface area contributed by atoms with Crippen LogP contribution < -0.4 is 9.47 Å². The van der Waals surface area contributed by atoms with E-state index in [4.69, 9.17) is 9.47 Å². The molecule has 3 nitrogen and oxygen atoms in total. The molecule has 0 aliphatic carbocycles. The normalized spacial score (nSPS) is 17.2. The zero-order chi connectivity index (χ0) is 12.5. The van der Waals surface area contributed by atoms with Gasteiger partial charge >= 0.3 is 0 Å². The highest BCUT2D eigenvalue weighted by Gasteiger charge is 2.32. The van der Waals surface area contributed by atoms with Gasteiger partial charge in [0.25, 0.3) is 0 Å². The number of carbonyl (C=O) groups is 1. The van der Waals surface area contributed by atoms with Crippen molar-refractivity contribution in [2.75, 3.05) is 12.2 Å². The van der Waals surface area contributed by atoms with Gasteiger partial charge in [0, 0.05) is 6.07 Å². The van der Waals surface area contributed by atoms with E-state index in [-0.39, 0.29) is 5.78 Å². The summed E-state index contributed by atoms with van der Waals surface area (Å²) in [6, 6.07) is 5.39. The monoisotopic (exact) mass is 252 g/mol. The molecule has 1 aliphatic rings. The summed E-state index contributed by atoms with van der Waals surface area (Å²) in [5, 5.41) is 0. The van der Waals surface area contributed by atoms with Gasteiger partial charge in [-0.25, -0.2) is 0 Å². The van der Waals surface area contributed by atoms with Gasteiger partial charge in [-0.2, -0.15) is 0 Å². The SMILES string of the molecule is CSCOc1ccc2c(c1)OC(C)(C)CC2=O. The van der Waals surface area contributed by atoms with Crippen molar-refractivity contribution in [3.8, 4) is 11.5 Å². The summed E-state index contributed by atoms with van der Waals surface area (Å²) in [5.41, 5.74) is 0.225. The van der Waals surface area contributed by atoms with Gasteiger partial charge in [-0.3, -0.25) is 4.79 Å². The smallest absolute Gasteiger partial charge is 0.170 e. The predicted octanol–water partition coefficient (Wildman–Crippen LogP) is 3.13. The molecule has 0 spiro atoms. The minimum Gasteiger partial charge on any atom is -0.486 e. The van der Waals surface area contributed by atoms with Crippen molar-refractivity contribution in [1.29, 1.82) is 0 Å². The van der Waals surface area contributed by atoms with Crippen LogP contribution in [0.4, 0.5) is 0 Å². The van der Waals surface area contributed by atoms with Crippen molar-refractivity contribution in [2.45, 2.75) is 25.9 Å². The summed E-state index contributed by atoms with van der Waals surface area (Å²) in [6.45, 7) is 3.84. The molecule has 2 rings (SSSR count). The number of thioether (sulfide) groups is 1. The zero-order valence-corrected chi connectivity index (χ0v) is 11.1. The van der Waals surface area contributed by atoms with Crippen LogP contribution in [0.25, 0.3) is 0 Å². The lowest BCUT2D eigenvalue weighted by molar-refractivity contribution is 0.0618. The minimum atomic E-state index is -0.428. The average Bonchev–Trinajstić information content (AvgIpc) is 2.24.